The molecule has 1 saturated heterocycles. The minimum atomic E-state index is -0.732. The molecule has 4 nitrogen and oxygen atoms in total. The summed E-state index contributed by atoms with van der Waals surface area (Å²) in [5.41, 5.74) is 0.719. The molecule has 0 aromatic carbocycles. The average molecular weight is 292 g/mol. The van der Waals surface area contributed by atoms with E-state index in [9.17, 15) is 9.59 Å². The Balaban J connectivity index is 2.10. The lowest BCUT2D eigenvalue weighted by atomic mass is 9.90. The molecule has 118 valence electrons. The van der Waals surface area contributed by atoms with Crippen LogP contribution in [0.3, 0.4) is 0 Å². The monoisotopic (exact) mass is 292 g/mol. The van der Waals surface area contributed by atoms with E-state index in [1.165, 1.54) is 18.4 Å². The number of allylic oxidation sites excluding steroid dienone is 1. The number of nitrogens with zero attached hydrogens (tertiary/aromatic N) is 1. The third-order valence-corrected chi connectivity index (χ3v) is 4.96. The highest BCUT2D eigenvalue weighted by atomic mass is 16.2. The van der Waals surface area contributed by atoms with Gasteiger partial charge in [0.15, 0.2) is 0 Å². The van der Waals surface area contributed by atoms with E-state index in [2.05, 4.69) is 11.4 Å². The van der Waals surface area contributed by atoms with Crippen molar-refractivity contribution in [2.45, 2.75) is 77.3 Å². The molecule has 2 atom stereocenters. The van der Waals surface area contributed by atoms with Gasteiger partial charge < -0.3 is 10.2 Å². The largest absolute Gasteiger partial charge is 0.340 e. The topological polar surface area (TPSA) is 49.4 Å². The lowest BCUT2D eigenvalue weighted by Gasteiger charge is -2.44. The van der Waals surface area contributed by atoms with Crippen LogP contribution >= 0.6 is 0 Å². The van der Waals surface area contributed by atoms with E-state index < -0.39 is 5.54 Å². The van der Waals surface area contributed by atoms with E-state index in [0.29, 0.717) is 19.4 Å². The van der Waals surface area contributed by atoms with Crippen LogP contribution in [0.25, 0.3) is 0 Å². The molecule has 0 radical (unpaired) electrons. The third kappa shape index (κ3) is 3.30. The van der Waals surface area contributed by atoms with Crippen molar-refractivity contribution >= 4 is 11.8 Å². The Morgan fingerprint density at radius 1 is 1.33 bits per heavy atom. The molecule has 2 unspecified atom stereocenters. The molecular weight excluding hydrogens is 264 g/mol. The number of hydrogen-bond donors (Lipinski definition) is 1. The second-order valence-electron chi connectivity index (χ2n) is 6.46. The van der Waals surface area contributed by atoms with Gasteiger partial charge in [-0.1, -0.05) is 25.5 Å². The van der Waals surface area contributed by atoms with Crippen LogP contribution in [-0.2, 0) is 9.59 Å². The second kappa shape index (κ2) is 6.63. The fourth-order valence-electron chi connectivity index (χ4n) is 3.31. The summed E-state index contributed by atoms with van der Waals surface area (Å²) in [5.74, 6) is 0.0759. The zero-order valence-corrected chi connectivity index (χ0v) is 13.6. The first-order valence-electron chi connectivity index (χ1n) is 8.33. The van der Waals surface area contributed by atoms with E-state index in [-0.39, 0.29) is 17.9 Å². The molecule has 1 N–H and O–H groups in total. The number of piperazine rings is 1. The Kier molecular flexibility index (Phi) is 5.07. The molecule has 2 aliphatic rings. The van der Waals surface area contributed by atoms with Gasteiger partial charge in [0.25, 0.3) is 0 Å². The zero-order chi connectivity index (χ0) is 15.5. The Morgan fingerprint density at radius 2 is 2.10 bits per heavy atom. The van der Waals surface area contributed by atoms with Crippen LogP contribution in [0.15, 0.2) is 11.6 Å². The van der Waals surface area contributed by atoms with Crippen molar-refractivity contribution in [3.63, 3.8) is 0 Å². The third-order valence-electron chi connectivity index (χ3n) is 4.96. The highest BCUT2D eigenvalue weighted by Gasteiger charge is 2.45. The molecule has 1 heterocycles. The van der Waals surface area contributed by atoms with Crippen LogP contribution in [-0.4, -0.2) is 34.8 Å². The number of carbonyl (C=O) groups excluding carboxylic acids is 2. The fourth-order valence-corrected chi connectivity index (χ4v) is 3.31. The maximum atomic E-state index is 12.8. The maximum Gasteiger partial charge on any atom is 0.248 e. The van der Waals surface area contributed by atoms with Gasteiger partial charge in [-0.05, 0) is 51.9 Å². The Hall–Kier alpha value is -1.32. The molecule has 1 aliphatic carbocycles. The molecule has 21 heavy (non-hydrogen) atoms. The van der Waals surface area contributed by atoms with Gasteiger partial charge in [0, 0.05) is 6.54 Å². The van der Waals surface area contributed by atoms with Gasteiger partial charge in [0.1, 0.15) is 11.6 Å². The van der Waals surface area contributed by atoms with E-state index in [4.69, 9.17) is 0 Å². The Labute approximate surface area is 128 Å². The molecule has 0 saturated carbocycles. The molecule has 0 aromatic heterocycles. The SMILES string of the molecule is CCC1C(=O)NC(C)(CC)C(=O)N1CCC1=CCCCC1. The van der Waals surface area contributed by atoms with Crippen molar-refractivity contribution in [2.75, 3.05) is 6.54 Å². The summed E-state index contributed by atoms with van der Waals surface area (Å²) in [6, 6.07) is -0.304. The summed E-state index contributed by atoms with van der Waals surface area (Å²) in [6.07, 6.45) is 9.38. The van der Waals surface area contributed by atoms with Gasteiger partial charge in [-0.2, -0.15) is 0 Å². The Bertz CT molecular complexity index is 444. The van der Waals surface area contributed by atoms with Gasteiger partial charge in [0.2, 0.25) is 11.8 Å². The number of amides is 2. The number of hydrogen-bond acceptors (Lipinski definition) is 2. The van der Waals surface area contributed by atoms with Crippen molar-refractivity contribution in [3.05, 3.63) is 11.6 Å². The molecule has 1 fully saturated rings. The summed E-state index contributed by atoms with van der Waals surface area (Å²) in [7, 11) is 0. The highest BCUT2D eigenvalue weighted by Crippen LogP contribution is 2.25. The molecule has 2 rings (SSSR count). The smallest absolute Gasteiger partial charge is 0.248 e. The van der Waals surface area contributed by atoms with E-state index in [0.717, 1.165) is 19.3 Å². The molecule has 4 heteroatoms. The first kappa shape index (κ1) is 16.1. The van der Waals surface area contributed by atoms with Crippen LogP contribution in [0.2, 0.25) is 0 Å². The highest BCUT2D eigenvalue weighted by molar-refractivity contribution is 5.99. The standard InChI is InChI=1S/C17H28N2O2/c1-4-14-15(20)18-17(3,5-2)16(21)19(14)12-11-13-9-7-6-8-10-13/h9,14H,4-8,10-12H2,1-3H3,(H,18,20). The number of carbonyl (C=O) groups is 2. The number of nitrogens with one attached hydrogen (secondary N) is 1. The van der Waals surface area contributed by atoms with Gasteiger partial charge in [-0.15, -0.1) is 0 Å². The van der Waals surface area contributed by atoms with Crippen LogP contribution in [0.1, 0.15) is 65.7 Å². The molecule has 2 amide bonds. The maximum absolute atomic E-state index is 12.8. The predicted octanol–water partition coefficient (Wildman–Crippen LogP) is 2.78. The summed E-state index contributed by atoms with van der Waals surface area (Å²) in [4.78, 5) is 26.9. The van der Waals surface area contributed by atoms with Crippen molar-refractivity contribution in [2.24, 2.45) is 0 Å². The molecule has 0 aromatic rings. The van der Waals surface area contributed by atoms with Gasteiger partial charge in [0.05, 0.1) is 0 Å². The van der Waals surface area contributed by atoms with Gasteiger partial charge in [-0.3, -0.25) is 9.59 Å². The average Bonchev–Trinajstić information content (AvgIpc) is 2.50. The van der Waals surface area contributed by atoms with Crippen molar-refractivity contribution in [1.29, 1.82) is 0 Å². The first-order chi connectivity index (χ1) is 10.0. The predicted molar refractivity (Wildman–Crippen MR) is 83.8 cm³/mol. The van der Waals surface area contributed by atoms with Crippen LogP contribution in [0.5, 0.6) is 0 Å². The van der Waals surface area contributed by atoms with Crippen LogP contribution < -0.4 is 5.32 Å². The lowest BCUT2D eigenvalue weighted by Crippen LogP contribution is -2.69. The summed E-state index contributed by atoms with van der Waals surface area (Å²) in [5, 5.41) is 2.92. The minimum absolute atomic E-state index is 0.000858. The van der Waals surface area contributed by atoms with Gasteiger partial charge >= 0.3 is 0 Å². The summed E-state index contributed by atoms with van der Waals surface area (Å²) >= 11 is 0. The zero-order valence-electron chi connectivity index (χ0n) is 13.6. The van der Waals surface area contributed by atoms with Crippen molar-refractivity contribution < 1.29 is 9.59 Å². The van der Waals surface area contributed by atoms with Crippen LogP contribution in [0, 0.1) is 0 Å². The lowest BCUT2D eigenvalue weighted by molar-refractivity contribution is -0.154. The molecule has 0 spiro atoms. The molecule has 1 aliphatic heterocycles. The second-order valence-corrected chi connectivity index (χ2v) is 6.46. The molecular formula is C17H28N2O2. The number of rotatable bonds is 5. The van der Waals surface area contributed by atoms with Crippen molar-refractivity contribution in [3.8, 4) is 0 Å². The van der Waals surface area contributed by atoms with E-state index in [1.807, 2.05) is 25.7 Å². The first-order valence-corrected chi connectivity index (χ1v) is 8.33. The quantitative estimate of drug-likeness (QED) is 0.792. The fraction of sp³-hybridized carbons (Fsp3) is 0.765. The van der Waals surface area contributed by atoms with Gasteiger partial charge in [-0.25, -0.2) is 0 Å². The molecule has 0 bridgehead atoms. The van der Waals surface area contributed by atoms with E-state index >= 15 is 0 Å². The van der Waals surface area contributed by atoms with E-state index in [1.54, 1.807) is 0 Å². The van der Waals surface area contributed by atoms with Crippen LogP contribution in [0.4, 0.5) is 0 Å². The normalized spacial score (nSPS) is 30.1. The summed E-state index contributed by atoms with van der Waals surface area (Å²) < 4.78 is 0. The Morgan fingerprint density at radius 3 is 2.67 bits per heavy atom. The summed E-state index contributed by atoms with van der Waals surface area (Å²) in [6.45, 7) is 6.43. The minimum Gasteiger partial charge on any atom is -0.340 e. The van der Waals surface area contributed by atoms with Crippen molar-refractivity contribution in [1.82, 2.24) is 10.2 Å².